The van der Waals surface area contributed by atoms with E-state index in [2.05, 4.69) is 0 Å². The topological polar surface area (TPSA) is 60.8 Å². The smallest absolute Gasteiger partial charge is 0.163 e. The monoisotopic (exact) mass is 309 g/mol. The third-order valence-electron chi connectivity index (χ3n) is 4.39. The largest absolute Gasteiger partial charge is 0.507 e. The quantitative estimate of drug-likeness (QED) is 0.821. The molecule has 0 aliphatic heterocycles. The van der Waals surface area contributed by atoms with Crippen LogP contribution >= 0.6 is 0 Å². The lowest BCUT2D eigenvalue weighted by Crippen LogP contribution is -2.34. The predicted octanol–water partition coefficient (Wildman–Crippen LogP) is 2.72. The van der Waals surface area contributed by atoms with Gasteiger partial charge in [0, 0.05) is 18.7 Å². The van der Waals surface area contributed by atoms with Crippen LogP contribution < -0.4 is 0 Å². The summed E-state index contributed by atoms with van der Waals surface area (Å²) in [5, 5.41) is 20.1. The average molecular weight is 309 g/mol. The number of Topliss-reactive ketones (excluding diaryl/α,β-unsaturated/α-hetero) is 1. The second kappa shape index (κ2) is 7.20. The summed E-state index contributed by atoms with van der Waals surface area (Å²) in [6, 6.07) is 2.32. The zero-order valence-electron chi connectivity index (χ0n) is 13.2. The van der Waals surface area contributed by atoms with E-state index in [0.717, 1.165) is 31.7 Å². The highest BCUT2D eigenvalue weighted by atomic mass is 19.1. The summed E-state index contributed by atoms with van der Waals surface area (Å²) in [5.41, 5.74) is 0.416. The third kappa shape index (κ3) is 4.05. The fraction of sp³-hybridized carbons (Fsp3) is 0.588. The Morgan fingerprint density at radius 2 is 2.05 bits per heavy atom. The van der Waals surface area contributed by atoms with Crippen LogP contribution in [-0.2, 0) is 6.54 Å². The van der Waals surface area contributed by atoms with Crippen molar-refractivity contribution in [2.24, 2.45) is 5.92 Å². The van der Waals surface area contributed by atoms with Crippen LogP contribution in [0.4, 0.5) is 4.39 Å². The van der Waals surface area contributed by atoms with Crippen LogP contribution in [0.5, 0.6) is 5.75 Å². The molecule has 0 radical (unpaired) electrons. The summed E-state index contributed by atoms with van der Waals surface area (Å²) in [5.74, 6) is -0.820. The van der Waals surface area contributed by atoms with Crippen molar-refractivity contribution >= 4 is 5.78 Å². The molecule has 1 aromatic carbocycles. The van der Waals surface area contributed by atoms with Crippen LogP contribution in [0.1, 0.15) is 48.5 Å². The number of carbonyl (C=O) groups is 1. The maximum Gasteiger partial charge on any atom is 0.163 e. The number of hydrogen-bond acceptors (Lipinski definition) is 4. The van der Waals surface area contributed by atoms with Crippen molar-refractivity contribution in [1.29, 1.82) is 0 Å². The van der Waals surface area contributed by atoms with Crippen LogP contribution in [0.25, 0.3) is 0 Å². The second-order valence-electron chi connectivity index (χ2n) is 6.33. The molecule has 5 heteroatoms. The molecule has 0 saturated heterocycles. The molecule has 1 fully saturated rings. The highest BCUT2D eigenvalue weighted by Crippen LogP contribution is 2.28. The molecule has 2 atom stereocenters. The molecule has 22 heavy (non-hydrogen) atoms. The zero-order chi connectivity index (χ0) is 16.3. The Balaban J connectivity index is 2.08. The third-order valence-corrected chi connectivity index (χ3v) is 4.39. The van der Waals surface area contributed by atoms with Crippen LogP contribution in [0.3, 0.4) is 0 Å². The first-order valence-corrected chi connectivity index (χ1v) is 7.77. The van der Waals surface area contributed by atoms with Gasteiger partial charge in [-0.3, -0.25) is 4.79 Å². The van der Waals surface area contributed by atoms with E-state index in [1.165, 1.54) is 13.0 Å². The number of phenols is 1. The molecular weight excluding hydrogens is 285 g/mol. The number of aromatic hydroxyl groups is 1. The first-order valence-electron chi connectivity index (χ1n) is 7.77. The standard InChI is InChI=1S/C17H24FNO3/c1-11(20)15-8-14(18)7-13(17(15)22)10-19(2)9-12-5-3-4-6-16(12)21/h7-8,12,16,21-22H,3-6,9-10H2,1-2H3. The molecule has 1 aliphatic carbocycles. The molecule has 4 nitrogen and oxygen atoms in total. The van der Waals surface area contributed by atoms with Crippen LogP contribution in [0.15, 0.2) is 12.1 Å². The van der Waals surface area contributed by atoms with Gasteiger partial charge in [0.05, 0.1) is 11.7 Å². The average Bonchev–Trinajstić information content (AvgIpc) is 2.44. The Morgan fingerprint density at radius 1 is 1.36 bits per heavy atom. The number of nitrogens with zero attached hydrogens (tertiary/aromatic N) is 1. The van der Waals surface area contributed by atoms with Gasteiger partial charge in [-0.2, -0.15) is 0 Å². The molecule has 0 spiro atoms. The molecule has 0 amide bonds. The van der Waals surface area contributed by atoms with E-state index in [4.69, 9.17) is 0 Å². The Labute approximate surface area is 130 Å². The highest BCUT2D eigenvalue weighted by Gasteiger charge is 2.24. The Hall–Kier alpha value is -1.46. The van der Waals surface area contributed by atoms with Crippen molar-refractivity contribution in [1.82, 2.24) is 4.90 Å². The van der Waals surface area contributed by atoms with Gasteiger partial charge in [0.1, 0.15) is 11.6 Å². The van der Waals surface area contributed by atoms with Crippen LogP contribution in [0, 0.1) is 11.7 Å². The molecule has 2 unspecified atom stereocenters. The Morgan fingerprint density at radius 3 is 2.68 bits per heavy atom. The number of carbonyl (C=O) groups excluding carboxylic acids is 1. The maximum atomic E-state index is 13.6. The first kappa shape index (κ1) is 16.9. The molecular formula is C17H24FNO3. The second-order valence-corrected chi connectivity index (χ2v) is 6.33. The van der Waals surface area contributed by atoms with E-state index in [0.29, 0.717) is 18.7 Å². The van der Waals surface area contributed by atoms with Crippen molar-refractivity contribution in [3.8, 4) is 5.75 Å². The van der Waals surface area contributed by atoms with Gasteiger partial charge in [0.15, 0.2) is 5.78 Å². The van der Waals surface area contributed by atoms with Gasteiger partial charge in [-0.1, -0.05) is 12.8 Å². The summed E-state index contributed by atoms with van der Waals surface area (Å²) in [4.78, 5) is 13.4. The predicted molar refractivity (Wildman–Crippen MR) is 82.4 cm³/mol. The minimum atomic E-state index is -0.524. The fourth-order valence-electron chi connectivity index (χ4n) is 3.20. The number of ketones is 1. The maximum absolute atomic E-state index is 13.6. The van der Waals surface area contributed by atoms with Gasteiger partial charge in [-0.15, -0.1) is 0 Å². The summed E-state index contributed by atoms with van der Waals surface area (Å²) < 4.78 is 13.6. The lowest BCUT2D eigenvalue weighted by molar-refractivity contribution is 0.0500. The number of halogens is 1. The minimum absolute atomic E-state index is 0.0149. The van der Waals surface area contributed by atoms with E-state index in [1.54, 1.807) is 0 Å². The van der Waals surface area contributed by atoms with E-state index in [1.807, 2.05) is 11.9 Å². The van der Waals surface area contributed by atoms with Crippen molar-refractivity contribution in [2.75, 3.05) is 13.6 Å². The highest BCUT2D eigenvalue weighted by molar-refractivity contribution is 5.97. The van der Waals surface area contributed by atoms with Gasteiger partial charge in [-0.25, -0.2) is 4.39 Å². The number of phenolic OH excluding ortho intramolecular Hbond substituents is 1. The normalized spacial score (nSPS) is 22.0. The summed E-state index contributed by atoms with van der Waals surface area (Å²) in [7, 11) is 1.87. The number of aliphatic hydroxyl groups excluding tert-OH is 1. The molecule has 0 heterocycles. The molecule has 2 N–H and O–H groups in total. The number of benzene rings is 1. The van der Waals surface area contributed by atoms with Gasteiger partial charge in [0.2, 0.25) is 0 Å². The van der Waals surface area contributed by atoms with Gasteiger partial charge < -0.3 is 15.1 Å². The molecule has 122 valence electrons. The van der Waals surface area contributed by atoms with Crippen molar-refractivity contribution in [2.45, 2.75) is 45.3 Å². The van der Waals surface area contributed by atoms with E-state index in [9.17, 15) is 19.4 Å². The molecule has 1 saturated carbocycles. The molecule has 1 aromatic rings. The lowest BCUT2D eigenvalue weighted by atomic mass is 9.86. The van der Waals surface area contributed by atoms with Crippen LogP contribution in [-0.4, -0.2) is 40.6 Å². The summed E-state index contributed by atoms with van der Waals surface area (Å²) in [6.45, 7) is 2.33. The van der Waals surface area contributed by atoms with E-state index in [-0.39, 0.29) is 29.1 Å². The molecule has 0 aromatic heterocycles. The van der Waals surface area contributed by atoms with E-state index < -0.39 is 5.82 Å². The number of hydrogen-bond donors (Lipinski definition) is 2. The van der Waals surface area contributed by atoms with Gasteiger partial charge in [-0.05, 0) is 44.9 Å². The lowest BCUT2D eigenvalue weighted by Gasteiger charge is -2.31. The van der Waals surface area contributed by atoms with Gasteiger partial charge in [0.25, 0.3) is 0 Å². The zero-order valence-corrected chi connectivity index (χ0v) is 13.2. The number of aliphatic hydroxyl groups is 1. The molecule has 0 bridgehead atoms. The Bertz CT molecular complexity index is 547. The Kier molecular flexibility index (Phi) is 5.53. The van der Waals surface area contributed by atoms with Gasteiger partial charge >= 0.3 is 0 Å². The summed E-state index contributed by atoms with van der Waals surface area (Å²) >= 11 is 0. The summed E-state index contributed by atoms with van der Waals surface area (Å²) in [6.07, 6.45) is 3.71. The molecule has 1 aliphatic rings. The first-order chi connectivity index (χ1) is 10.4. The fourth-order valence-corrected chi connectivity index (χ4v) is 3.20. The van der Waals surface area contributed by atoms with Crippen molar-refractivity contribution < 1.29 is 19.4 Å². The minimum Gasteiger partial charge on any atom is -0.507 e. The number of rotatable bonds is 5. The van der Waals surface area contributed by atoms with E-state index >= 15 is 0 Å². The van der Waals surface area contributed by atoms with Crippen molar-refractivity contribution in [3.63, 3.8) is 0 Å². The van der Waals surface area contributed by atoms with Crippen LogP contribution in [0.2, 0.25) is 0 Å². The SMILES string of the molecule is CC(=O)c1cc(F)cc(CN(C)CC2CCCCC2O)c1O. The van der Waals surface area contributed by atoms with Crippen molar-refractivity contribution in [3.05, 3.63) is 29.1 Å². The molecule has 2 rings (SSSR count).